The molecule has 1 aromatic rings. The van der Waals surface area contributed by atoms with Crippen molar-refractivity contribution in [1.29, 1.82) is 5.26 Å². The van der Waals surface area contributed by atoms with Crippen LogP contribution in [0.3, 0.4) is 0 Å². The first-order chi connectivity index (χ1) is 19.5. The maximum Gasteiger partial charge on any atom is 0.407 e. The Kier molecular flexibility index (Phi) is 13.4. The van der Waals surface area contributed by atoms with Crippen LogP contribution in [0.4, 0.5) is 4.79 Å². The van der Waals surface area contributed by atoms with Crippen LogP contribution in [0.15, 0.2) is 28.8 Å². The van der Waals surface area contributed by atoms with Gasteiger partial charge in [0.1, 0.15) is 11.6 Å². The summed E-state index contributed by atoms with van der Waals surface area (Å²) >= 11 is 0. The van der Waals surface area contributed by atoms with Crippen LogP contribution in [-0.2, 0) is 19.1 Å². The van der Waals surface area contributed by atoms with Crippen LogP contribution in [0.2, 0.25) is 0 Å². The normalized spacial score (nSPS) is 19.7. The molecule has 0 aromatic heterocycles. The number of rotatable bonds is 15. The topological polar surface area (TPSA) is 136 Å². The predicted molar refractivity (Wildman–Crippen MR) is 154 cm³/mol. The Balaban J connectivity index is 1.67. The summed E-state index contributed by atoms with van der Waals surface area (Å²) in [6.07, 6.45) is 8.57. The molecule has 0 aliphatic heterocycles. The van der Waals surface area contributed by atoms with Gasteiger partial charge in [-0.25, -0.2) is 19.4 Å². The first-order valence-electron chi connectivity index (χ1n) is 14.1. The fourth-order valence-corrected chi connectivity index (χ4v) is 5.53. The third-order valence-corrected chi connectivity index (χ3v) is 6.96. The minimum absolute atomic E-state index is 0.0344. The first kappa shape index (κ1) is 33.4. The number of amides is 1. The van der Waals surface area contributed by atoms with Crippen molar-refractivity contribution in [2.24, 2.45) is 15.8 Å². The monoisotopic (exact) mass is 569 g/mol. The molecule has 0 bridgehead atoms. The molecule has 10 nitrogen and oxygen atoms in total. The molecule has 1 saturated carbocycles. The van der Waals surface area contributed by atoms with E-state index in [9.17, 15) is 19.6 Å². The summed E-state index contributed by atoms with van der Waals surface area (Å²) in [5.41, 5.74) is 0.405. The number of hydrogen-bond acceptors (Lipinski definition) is 9. The fraction of sp³-hybridized carbons (Fsp3) is 0.613. The second-order valence-corrected chi connectivity index (χ2v) is 11.5. The van der Waals surface area contributed by atoms with Crippen molar-refractivity contribution in [3.8, 4) is 17.6 Å². The van der Waals surface area contributed by atoms with Gasteiger partial charge in [-0.3, -0.25) is 0 Å². The van der Waals surface area contributed by atoms with Crippen LogP contribution >= 0.6 is 0 Å². The lowest BCUT2D eigenvalue weighted by Crippen LogP contribution is -2.44. The van der Waals surface area contributed by atoms with E-state index in [2.05, 4.69) is 31.1 Å². The Morgan fingerprint density at radius 1 is 1.10 bits per heavy atom. The smallest absolute Gasteiger partial charge is 0.407 e. The van der Waals surface area contributed by atoms with Gasteiger partial charge < -0.3 is 24.3 Å². The third kappa shape index (κ3) is 11.7. The summed E-state index contributed by atoms with van der Waals surface area (Å²) in [5, 5.41) is 12.1. The molecule has 1 N–H and O–H groups in total. The first-order valence-corrected chi connectivity index (χ1v) is 14.1. The number of methoxy groups -OCH3 is 1. The molecule has 0 heterocycles. The molecule has 224 valence electrons. The van der Waals surface area contributed by atoms with Gasteiger partial charge in [-0.1, -0.05) is 26.8 Å². The quantitative estimate of drug-likeness (QED) is 0.0704. The minimum Gasteiger partial charge on any atom is -0.493 e. The van der Waals surface area contributed by atoms with Crippen LogP contribution in [0.25, 0.3) is 6.08 Å². The van der Waals surface area contributed by atoms with Gasteiger partial charge in [-0.05, 0) is 86.5 Å². The molecule has 0 saturated heterocycles. The number of aliphatic imine (C=N–C) groups is 1. The molecule has 0 radical (unpaired) electrons. The Morgan fingerprint density at radius 3 is 2.49 bits per heavy atom. The Labute approximate surface area is 243 Å². The van der Waals surface area contributed by atoms with Crippen molar-refractivity contribution >= 4 is 24.2 Å². The molecule has 10 heteroatoms. The number of carbonyl (C=O) groups excluding carboxylic acids is 3. The highest BCUT2D eigenvalue weighted by Crippen LogP contribution is 2.46. The number of nitriles is 1. The molecule has 1 amide bonds. The number of nitrogens with zero attached hydrogens (tertiary/aromatic N) is 2. The Hall–Kier alpha value is -3.83. The van der Waals surface area contributed by atoms with Crippen molar-refractivity contribution in [2.45, 2.75) is 78.7 Å². The largest absolute Gasteiger partial charge is 0.493 e. The number of isocyanates is 1. The number of ether oxygens (including phenoxy) is 4. The van der Waals surface area contributed by atoms with Gasteiger partial charge in [-0.15, -0.1) is 0 Å². The minimum atomic E-state index is -0.668. The van der Waals surface area contributed by atoms with Crippen LogP contribution in [-0.4, -0.2) is 57.7 Å². The zero-order chi connectivity index (χ0) is 30.3. The highest BCUT2D eigenvalue weighted by Gasteiger charge is 2.41. The Bertz CT molecular complexity index is 1150. The lowest BCUT2D eigenvalue weighted by atomic mass is 9.63. The average molecular weight is 570 g/mol. The number of unbranched alkanes of at least 4 members (excludes halogenated alkanes) is 3. The Morgan fingerprint density at radius 2 is 1.83 bits per heavy atom. The van der Waals surface area contributed by atoms with Gasteiger partial charge in [0.2, 0.25) is 6.08 Å². The van der Waals surface area contributed by atoms with E-state index in [1.807, 2.05) is 6.07 Å². The van der Waals surface area contributed by atoms with Crippen molar-refractivity contribution in [3.63, 3.8) is 0 Å². The van der Waals surface area contributed by atoms with Crippen LogP contribution < -0.4 is 14.8 Å². The third-order valence-electron chi connectivity index (χ3n) is 6.96. The van der Waals surface area contributed by atoms with E-state index in [0.717, 1.165) is 44.9 Å². The zero-order valence-corrected chi connectivity index (χ0v) is 24.9. The highest BCUT2D eigenvalue weighted by molar-refractivity contribution is 5.97. The van der Waals surface area contributed by atoms with E-state index >= 15 is 0 Å². The van der Waals surface area contributed by atoms with E-state index in [1.165, 1.54) is 13.2 Å². The maximum atomic E-state index is 12.2. The van der Waals surface area contributed by atoms with Crippen LogP contribution in [0.1, 0.15) is 78.2 Å². The van der Waals surface area contributed by atoms with E-state index in [4.69, 9.17) is 18.9 Å². The molecule has 41 heavy (non-hydrogen) atoms. The molecule has 1 aliphatic carbocycles. The fourth-order valence-electron chi connectivity index (χ4n) is 5.53. The van der Waals surface area contributed by atoms with Crippen LogP contribution in [0.5, 0.6) is 11.5 Å². The summed E-state index contributed by atoms with van der Waals surface area (Å²) in [4.78, 5) is 38.8. The molecule has 1 aromatic carbocycles. The standard InChI is InChI=1S/C31H43N3O7/c1-6-39-28(36)24(19-32)15-23-11-12-26(27(16-23)38-5)40-13-9-7-8-10-14-41-29(37)33-21-31(4)18-25(34-22-35)17-30(2,3)20-31/h11-12,15-16,25H,6-10,13-14,17-18,20-21H2,1-5H3,(H,33,37)/b24-15-. The molecule has 2 atom stereocenters. The SMILES string of the molecule is CCOC(=O)/C(C#N)=C\c1ccc(OCCCCCCOC(=O)NCC2(C)CC(N=C=O)CC(C)(C)C2)c(OC)c1. The van der Waals surface area contributed by atoms with Crippen molar-refractivity contribution in [2.75, 3.05) is 33.5 Å². The number of hydrogen-bond donors (Lipinski definition) is 1. The summed E-state index contributed by atoms with van der Waals surface area (Å²) in [5.74, 6) is 0.398. The predicted octanol–water partition coefficient (Wildman–Crippen LogP) is 5.75. The summed E-state index contributed by atoms with van der Waals surface area (Å²) in [7, 11) is 1.53. The number of carbonyl (C=O) groups is 2. The number of nitrogens with one attached hydrogen (secondary N) is 1. The molecule has 0 spiro atoms. The summed E-state index contributed by atoms with van der Waals surface area (Å²) < 4.78 is 21.5. The molecular formula is C31H43N3O7. The highest BCUT2D eigenvalue weighted by atomic mass is 16.5. The molecule has 2 rings (SSSR count). The van der Waals surface area contributed by atoms with Crippen molar-refractivity contribution < 1.29 is 33.3 Å². The van der Waals surface area contributed by atoms with Gasteiger partial charge in [-0.2, -0.15) is 5.26 Å². The van der Waals surface area contributed by atoms with Crippen molar-refractivity contribution in [3.05, 3.63) is 29.3 Å². The molecule has 2 unspecified atom stereocenters. The molecule has 1 aliphatic rings. The average Bonchev–Trinajstić information content (AvgIpc) is 2.91. The van der Waals surface area contributed by atoms with Crippen LogP contribution in [0, 0.1) is 22.2 Å². The summed E-state index contributed by atoms with van der Waals surface area (Å²) in [6.45, 7) is 9.61. The lowest BCUT2D eigenvalue weighted by molar-refractivity contribution is -0.137. The van der Waals surface area contributed by atoms with E-state index in [1.54, 1.807) is 31.2 Å². The van der Waals surface area contributed by atoms with E-state index < -0.39 is 12.1 Å². The molecular weight excluding hydrogens is 526 g/mol. The summed E-state index contributed by atoms with van der Waals surface area (Å²) in [6, 6.07) is 6.96. The molecule has 1 fully saturated rings. The van der Waals surface area contributed by atoms with Gasteiger partial charge in [0, 0.05) is 6.54 Å². The van der Waals surface area contributed by atoms with Gasteiger partial charge in [0.15, 0.2) is 11.5 Å². The second kappa shape index (κ2) is 16.4. The zero-order valence-electron chi connectivity index (χ0n) is 24.9. The number of alkyl carbamates (subject to hydrolysis) is 1. The van der Waals surface area contributed by atoms with Gasteiger partial charge in [0.05, 0.1) is 33.0 Å². The van der Waals surface area contributed by atoms with Gasteiger partial charge in [0.25, 0.3) is 0 Å². The van der Waals surface area contributed by atoms with E-state index in [-0.39, 0.29) is 29.1 Å². The number of esters is 1. The lowest BCUT2D eigenvalue weighted by Gasteiger charge is -2.45. The van der Waals surface area contributed by atoms with Crippen molar-refractivity contribution in [1.82, 2.24) is 5.32 Å². The number of benzene rings is 1. The second-order valence-electron chi connectivity index (χ2n) is 11.5. The maximum absolute atomic E-state index is 12.2. The van der Waals surface area contributed by atoms with Gasteiger partial charge >= 0.3 is 12.1 Å². The van der Waals surface area contributed by atoms with E-state index in [0.29, 0.717) is 36.8 Å².